The summed E-state index contributed by atoms with van der Waals surface area (Å²) >= 11 is 6.19. The van der Waals surface area contributed by atoms with Gasteiger partial charge in [0.05, 0.1) is 28.8 Å². The van der Waals surface area contributed by atoms with Gasteiger partial charge in [-0.3, -0.25) is 9.98 Å². The molecule has 0 radical (unpaired) electrons. The van der Waals surface area contributed by atoms with Crippen molar-refractivity contribution in [3.63, 3.8) is 0 Å². The smallest absolute Gasteiger partial charge is 0.354 e. The van der Waals surface area contributed by atoms with Crippen LogP contribution in [0, 0.1) is 11.2 Å². The number of rotatable bonds is 14. The molecule has 0 aliphatic heterocycles. The number of nitrogens with one attached hydrogen (secondary N) is 4. The van der Waals surface area contributed by atoms with Crippen molar-refractivity contribution in [3.8, 4) is 16.9 Å². The molecule has 2 aromatic carbocycles. The number of halogens is 3. The number of aliphatic hydroxyl groups is 1. The van der Waals surface area contributed by atoms with Crippen LogP contribution >= 0.6 is 11.6 Å². The standard InChI is InChI=1S/C30H36ClF2N7O2/c1-18(34)36-10-9-23(17-41)37-15-19-5-7-24(8-6-19)40-16-21-13-27(38-29(21)39-30(40)42)25-11-20(12-26(31)28(25)33)3-2-4-22(35)14-32/h5-8,11-13,16,22-23,37,41H,2-4,9-10,14-15,17,35H2,1H3,(H2,34,36)(H,38,39,42)/t22-,23-/m1/s1. The quantitative estimate of drug-likeness (QED) is 0.0946. The highest BCUT2D eigenvalue weighted by Gasteiger charge is 2.16. The van der Waals surface area contributed by atoms with Crippen LogP contribution in [-0.2, 0) is 13.0 Å². The molecule has 12 heteroatoms. The lowest BCUT2D eigenvalue weighted by Gasteiger charge is -2.17. The first-order valence-corrected chi connectivity index (χ1v) is 14.2. The second-order valence-corrected chi connectivity index (χ2v) is 10.8. The second kappa shape index (κ2) is 14.5. The van der Waals surface area contributed by atoms with Gasteiger partial charge >= 0.3 is 5.69 Å². The Kier molecular flexibility index (Phi) is 10.8. The first-order valence-electron chi connectivity index (χ1n) is 13.8. The number of aromatic amines is 1. The van der Waals surface area contributed by atoms with Crippen molar-refractivity contribution in [3.05, 3.63) is 81.1 Å². The number of hydrogen-bond acceptors (Lipinski definition) is 6. The Balaban J connectivity index is 1.50. The van der Waals surface area contributed by atoms with Gasteiger partial charge in [-0.05, 0) is 74.1 Å². The molecule has 0 aliphatic carbocycles. The summed E-state index contributed by atoms with van der Waals surface area (Å²) < 4.78 is 29.2. The van der Waals surface area contributed by atoms with Gasteiger partial charge in [0, 0.05) is 42.3 Å². The van der Waals surface area contributed by atoms with E-state index in [0.29, 0.717) is 67.0 Å². The summed E-state index contributed by atoms with van der Waals surface area (Å²) in [6.07, 6.45) is 4.03. The molecule has 7 N–H and O–H groups in total. The molecule has 2 aromatic heterocycles. The molecule has 0 spiro atoms. The molecule has 2 heterocycles. The number of aliphatic hydroxyl groups excluding tert-OH is 1. The van der Waals surface area contributed by atoms with Gasteiger partial charge in [0.2, 0.25) is 0 Å². The molecule has 9 nitrogen and oxygen atoms in total. The van der Waals surface area contributed by atoms with Crippen molar-refractivity contribution < 1.29 is 13.9 Å². The zero-order valence-corrected chi connectivity index (χ0v) is 24.1. The van der Waals surface area contributed by atoms with Crippen LogP contribution in [0.25, 0.3) is 28.0 Å². The summed E-state index contributed by atoms with van der Waals surface area (Å²) in [5, 5.41) is 23.9. The molecule has 0 bridgehead atoms. The van der Waals surface area contributed by atoms with E-state index in [4.69, 9.17) is 22.7 Å². The summed E-state index contributed by atoms with van der Waals surface area (Å²) in [4.78, 5) is 20.1. The summed E-state index contributed by atoms with van der Waals surface area (Å²) in [6.45, 7) is 2.18. The van der Waals surface area contributed by atoms with Gasteiger partial charge in [0.15, 0.2) is 5.82 Å². The highest BCUT2D eigenvalue weighted by atomic mass is 35.5. The van der Waals surface area contributed by atoms with Crippen molar-refractivity contribution in [1.29, 1.82) is 5.41 Å². The van der Waals surface area contributed by atoms with Crippen molar-refractivity contribution in [2.45, 2.75) is 51.2 Å². The lowest BCUT2D eigenvalue weighted by Crippen LogP contribution is -2.35. The number of aromatic nitrogens is 3. The molecule has 0 aliphatic rings. The maximum Gasteiger partial charge on any atom is 0.354 e. The number of aryl methyl sites for hydroxylation is 1. The van der Waals surface area contributed by atoms with Crippen LogP contribution in [-0.4, -0.2) is 57.4 Å². The monoisotopic (exact) mass is 599 g/mol. The number of nitrogens with zero attached hydrogens (tertiary/aromatic N) is 2. The number of fused-ring (bicyclic) bond motifs is 1. The maximum atomic E-state index is 15.1. The fraction of sp³-hybridized carbons (Fsp3) is 0.367. The Labute approximate surface area is 247 Å². The van der Waals surface area contributed by atoms with E-state index < -0.39 is 24.2 Å². The Morgan fingerprint density at radius 2 is 1.98 bits per heavy atom. The predicted molar refractivity (Wildman–Crippen MR) is 163 cm³/mol. The van der Waals surface area contributed by atoms with E-state index in [2.05, 4.69) is 20.6 Å². The first kappa shape index (κ1) is 31.3. The number of alkyl halides is 1. The molecule has 4 rings (SSSR count). The van der Waals surface area contributed by atoms with Crippen molar-refractivity contribution in [2.24, 2.45) is 5.73 Å². The first-order chi connectivity index (χ1) is 20.2. The number of hydrogen-bond donors (Lipinski definition) is 6. The summed E-state index contributed by atoms with van der Waals surface area (Å²) in [6, 6.07) is 11.7. The van der Waals surface area contributed by atoms with Crippen LogP contribution in [0.15, 0.2) is 53.5 Å². The van der Waals surface area contributed by atoms with E-state index in [0.717, 1.165) is 11.1 Å². The fourth-order valence-corrected chi connectivity index (χ4v) is 4.93. The Bertz CT molecular complexity index is 1570. The highest BCUT2D eigenvalue weighted by Crippen LogP contribution is 2.31. The summed E-state index contributed by atoms with van der Waals surface area (Å²) in [5.41, 5.74) is 8.57. The molecular formula is C30H36ClF2N7O2. The molecule has 0 saturated heterocycles. The Morgan fingerprint density at radius 1 is 1.21 bits per heavy atom. The third-order valence-corrected chi connectivity index (χ3v) is 7.31. The highest BCUT2D eigenvalue weighted by molar-refractivity contribution is 6.31. The molecule has 2 atom stereocenters. The zero-order valence-electron chi connectivity index (χ0n) is 23.4. The lowest BCUT2D eigenvalue weighted by molar-refractivity contribution is 0.235. The van der Waals surface area contributed by atoms with Crippen LogP contribution < -0.4 is 22.1 Å². The number of amidine groups is 1. The van der Waals surface area contributed by atoms with Gasteiger partial charge in [-0.25, -0.2) is 13.6 Å². The topological polar surface area (TPSA) is 145 Å². The van der Waals surface area contributed by atoms with E-state index in [1.807, 2.05) is 24.3 Å². The normalized spacial score (nSPS) is 12.9. The average molecular weight is 600 g/mol. The van der Waals surface area contributed by atoms with E-state index in [1.54, 1.807) is 31.3 Å². The van der Waals surface area contributed by atoms with Gasteiger partial charge in [0.1, 0.15) is 12.3 Å². The van der Waals surface area contributed by atoms with Crippen LogP contribution in [0.3, 0.4) is 0 Å². The van der Waals surface area contributed by atoms with Crippen molar-refractivity contribution >= 4 is 28.5 Å². The van der Waals surface area contributed by atoms with Gasteiger partial charge in [0.25, 0.3) is 0 Å². The molecule has 0 amide bonds. The third-order valence-electron chi connectivity index (χ3n) is 7.04. The summed E-state index contributed by atoms with van der Waals surface area (Å²) in [5.74, 6) is -0.202. The van der Waals surface area contributed by atoms with Crippen LogP contribution in [0.2, 0.25) is 5.02 Å². The molecule has 0 saturated carbocycles. The molecule has 4 aromatic rings. The fourth-order valence-electron chi connectivity index (χ4n) is 4.68. The van der Waals surface area contributed by atoms with E-state index in [1.165, 1.54) is 4.57 Å². The zero-order chi connectivity index (χ0) is 30.2. The van der Waals surface area contributed by atoms with Crippen molar-refractivity contribution in [2.75, 3.05) is 19.8 Å². The van der Waals surface area contributed by atoms with Gasteiger partial charge < -0.3 is 26.5 Å². The van der Waals surface area contributed by atoms with Crippen molar-refractivity contribution in [1.82, 2.24) is 25.2 Å². The minimum absolute atomic E-state index is 0.0217. The third kappa shape index (κ3) is 8.01. The van der Waals surface area contributed by atoms with E-state index in [-0.39, 0.29) is 23.2 Å². The number of benzene rings is 2. The van der Waals surface area contributed by atoms with Crippen LogP contribution in [0.1, 0.15) is 37.3 Å². The molecule has 224 valence electrons. The SMILES string of the molecule is CC(=N)NCC[C@H](CO)NCc1ccc(-n2cc3cc(-c4cc(CCC[C@@H](N)CF)cc(Cl)c4F)[nH]c3nc2=O)cc1. The lowest BCUT2D eigenvalue weighted by atomic mass is 10.0. The second-order valence-electron chi connectivity index (χ2n) is 10.4. The number of H-pyrrole nitrogens is 1. The van der Waals surface area contributed by atoms with E-state index in [9.17, 15) is 14.3 Å². The average Bonchev–Trinajstić information content (AvgIpc) is 3.38. The molecule has 42 heavy (non-hydrogen) atoms. The Morgan fingerprint density at radius 3 is 2.67 bits per heavy atom. The molecule has 0 unspecified atom stereocenters. The van der Waals surface area contributed by atoms with Crippen LogP contribution in [0.4, 0.5) is 8.78 Å². The minimum atomic E-state index is -0.587. The van der Waals surface area contributed by atoms with Gasteiger partial charge in [-0.1, -0.05) is 23.7 Å². The largest absolute Gasteiger partial charge is 0.395 e. The van der Waals surface area contributed by atoms with Crippen LogP contribution in [0.5, 0.6) is 0 Å². The minimum Gasteiger partial charge on any atom is -0.395 e. The molecular weight excluding hydrogens is 564 g/mol. The van der Waals surface area contributed by atoms with E-state index >= 15 is 4.39 Å². The van der Waals surface area contributed by atoms with Gasteiger partial charge in [-0.2, -0.15) is 4.98 Å². The Hall–Kier alpha value is -3.64. The molecule has 0 fully saturated rings. The van der Waals surface area contributed by atoms with Gasteiger partial charge in [-0.15, -0.1) is 0 Å². The predicted octanol–water partition coefficient (Wildman–Crippen LogP) is 4.22. The summed E-state index contributed by atoms with van der Waals surface area (Å²) in [7, 11) is 0. The maximum absolute atomic E-state index is 15.1. The number of nitrogens with two attached hydrogens (primary N) is 1.